The van der Waals surface area contributed by atoms with Crippen molar-refractivity contribution in [3.8, 4) is 5.75 Å². The van der Waals surface area contributed by atoms with Crippen molar-refractivity contribution >= 4 is 11.8 Å². The summed E-state index contributed by atoms with van der Waals surface area (Å²) >= 11 is 0. The number of likely N-dealkylation sites (tertiary alicyclic amines) is 1. The molecule has 1 aliphatic rings. The van der Waals surface area contributed by atoms with Gasteiger partial charge in [0.2, 0.25) is 11.8 Å². The Bertz CT molecular complexity index is 501. The van der Waals surface area contributed by atoms with E-state index in [1.54, 1.807) is 7.11 Å². The van der Waals surface area contributed by atoms with Crippen LogP contribution in [0, 0.1) is 0 Å². The van der Waals surface area contributed by atoms with E-state index in [0.717, 1.165) is 11.3 Å². The number of nitrogens with zero attached hydrogens (tertiary/aromatic N) is 1. The zero-order valence-corrected chi connectivity index (χ0v) is 11.3. The third-order valence-electron chi connectivity index (χ3n) is 3.44. The lowest BCUT2D eigenvalue weighted by molar-refractivity contribution is -0.137. The molecule has 1 aliphatic heterocycles. The lowest BCUT2D eigenvalue weighted by atomic mass is 10.1. The number of benzene rings is 1. The molecule has 1 heterocycles. The molecule has 2 atom stereocenters. The van der Waals surface area contributed by atoms with Gasteiger partial charge in [-0.2, -0.15) is 0 Å². The van der Waals surface area contributed by atoms with E-state index in [1.165, 1.54) is 11.9 Å². The van der Waals surface area contributed by atoms with Gasteiger partial charge in [-0.3, -0.25) is 19.8 Å². The largest absolute Gasteiger partial charge is 0.496 e. The van der Waals surface area contributed by atoms with E-state index in [4.69, 9.17) is 4.74 Å². The molecule has 0 bridgehead atoms. The summed E-state index contributed by atoms with van der Waals surface area (Å²) in [5.74, 6) is 0.453. The Morgan fingerprint density at radius 2 is 2.05 bits per heavy atom. The number of hydrogen-bond acceptors (Lipinski definition) is 4. The molecule has 0 spiro atoms. The third-order valence-corrected chi connectivity index (χ3v) is 3.44. The van der Waals surface area contributed by atoms with E-state index < -0.39 is 6.04 Å². The Labute approximate surface area is 112 Å². The van der Waals surface area contributed by atoms with Gasteiger partial charge in [0.05, 0.1) is 19.6 Å². The number of ether oxygens (including phenoxy) is 1. The van der Waals surface area contributed by atoms with Crippen molar-refractivity contribution in [2.75, 3.05) is 14.2 Å². The Morgan fingerprint density at radius 1 is 1.37 bits per heavy atom. The van der Waals surface area contributed by atoms with Gasteiger partial charge in [0, 0.05) is 18.7 Å². The van der Waals surface area contributed by atoms with Crippen LogP contribution in [-0.4, -0.2) is 36.9 Å². The molecule has 0 aromatic heterocycles. The highest BCUT2D eigenvalue weighted by Gasteiger charge is 2.36. The van der Waals surface area contributed by atoms with Gasteiger partial charge in [0.1, 0.15) is 5.75 Å². The average molecular weight is 262 g/mol. The minimum absolute atomic E-state index is 0.0654. The second-order valence-corrected chi connectivity index (χ2v) is 4.68. The first-order valence-electron chi connectivity index (χ1n) is 6.24. The van der Waals surface area contributed by atoms with Crippen LogP contribution in [0.25, 0.3) is 0 Å². The van der Waals surface area contributed by atoms with Crippen molar-refractivity contribution in [1.82, 2.24) is 10.2 Å². The number of carbonyl (C=O) groups is 2. The van der Waals surface area contributed by atoms with Gasteiger partial charge in [-0.1, -0.05) is 18.2 Å². The molecule has 19 heavy (non-hydrogen) atoms. The lowest BCUT2D eigenvalue weighted by Crippen LogP contribution is -2.38. The summed E-state index contributed by atoms with van der Waals surface area (Å²) in [6, 6.07) is 7.13. The molecule has 1 fully saturated rings. The molecule has 1 saturated heterocycles. The molecule has 0 saturated carbocycles. The van der Waals surface area contributed by atoms with Crippen LogP contribution in [0.5, 0.6) is 5.75 Å². The fourth-order valence-corrected chi connectivity index (χ4v) is 2.30. The van der Waals surface area contributed by atoms with E-state index in [2.05, 4.69) is 5.32 Å². The SMILES string of the molecule is COc1ccccc1C(C)NC1CC(=O)N(C)C1=O. The summed E-state index contributed by atoms with van der Waals surface area (Å²) in [6.07, 6.45) is 0.217. The highest BCUT2D eigenvalue weighted by atomic mass is 16.5. The zero-order valence-electron chi connectivity index (χ0n) is 11.3. The molecular formula is C14H18N2O3. The Kier molecular flexibility index (Phi) is 3.85. The van der Waals surface area contributed by atoms with Gasteiger partial charge in [-0.15, -0.1) is 0 Å². The molecule has 0 aliphatic carbocycles. The number of para-hydroxylation sites is 1. The number of methoxy groups -OCH3 is 1. The van der Waals surface area contributed by atoms with Crippen LogP contribution < -0.4 is 10.1 Å². The second-order valence-electron chi connectivity index (χ2n) is 4.68. The first-order chi connectivity index (χ1) is 9.04. The van der Waals surface area contributed by atoms with Crippen molar-refractivity contribution in [1.29, 1.82) is 0 Å². The maximum absolute atomic E-state index is 11.8. The molecule has 2 unspecified atom stereocenters. The zero-order chi connectivity index (χ0) is 14.0. The van der Waals surface area contributed by atoms with Crippen molar-refractivity contribution in [3.63, 3.8) is 0 Å². The first kappa shape index (κ1) is 13.5. The van der Waals surface area contributed by atoms with Crippen molar-refractivity contribution in [3.05, 3.63) is 29.8 Å². The Morgan fingerprint density at radius 3 is 2.63 bits per heavy atom. The van der Waals surface area contributed by atoms with E-state index in [-0.39, 0.29) is 24.3 Å². The van der Waals surface area contributed by atoms with Gasteiger partial charge < -0.3 is 4.74 Å². The topological polar surface area (TPSA) is 58.6 Å². The predicted molar refractivity (Wildman–Crippen MR) is 70.7 cm³/mol. The highest BCUT2D eigenvalue weighted by molar-refractivity contribution is 6.05. The summed E-state index contributed by atoms with van der Waals surface area (Å²) in [6.45, 7) is 1.95. The predicted octanol–water partition coefficient (Wildman–Crippen LogP) is 1.10. The van der Waals surface area contributed by atoms with E-state index in [1.807, 2.05) is 31.2 Å². The van der Waals surface area contributed by atoms with Gasteiger partial charge in [0.15, 0.2) is 0 Å². The summed E-state index contributed by atoms with van der Waals surface area (Å²) in [5, 5.41) is 3.19. The van der Waals surface area contributed by atoms with Crippen LogP contribution in [0.2, 0.25) is 0 Å². The maximum atomic E-state index is 11.8. The summed E-state index contributed by atoms with van der Waals surface area (Å²) in [5.41, 5.74) is 0.972. The molecule has 1 aromatic rings. The normalized spacial score (nSPS) is 20.8. The van der Waals surface area contributed by atoms with Crippen molar-refractivity contribution in [2.45, 2.75) is 25.4 Å². The van der Waals surface area contributed by atoms with E-state index in [0.29, 0.717) is 0 Å². The number of amides is 2. The van der Waals surface area contributed by atoms with E-state index >= 15 is 0 Å². The smallest absolute Gasteiger partial charge is 0.246 e. The number of carbonyl (C=O) groups excluding carboxylic acids is 2. The standard InChI is InChI=1S/C14H18N2O3/c1-9(10-6-4-5-7-12(10)19-3)15-11-8-13(17)16(2)14(11)18/h4-7,9,11,15H,8H2,1-3H3. The molecule has 102 valence electrons. The maximum Gasteiger partial charge on any atom is 0.246 e. The molecule has 0 radical (unpaired) electrons. The minimum atomic E-state index is -0.447. The summed E-state index contributed by atoms with van der Waals surface area (Å²) < 4.78 is 5.30. The van der Waals surface area contributed by atoms with Crippen molar-refractivity contribution < 1.29 is 14.3 Å². The third kappa shape index (κ3) is 2.61. The number of imide groups is 1. The van der Waals surface area contributed by atoms with Crippen LogP contribution in [0.15, 0.2) is 24.3 Å². The quantitative estimate of drug-likeness (QED) is 0.826. The highest BCUT2D eigenvalue weighted by Crippen LogP contribution is 2.25. The number of hydrogen-bond donors (Lipinski definition) is 1. The van der Waals surface area contributed by atoms with Crippen molar-refractivity contribution in [2.24, 2.45) is 0 Å². The Balaban J connectivity index is 2.11. The number of rotatable bonds is 4. The fraction of sp³-hybridized carbons (Fsp3) is 0.429. The molecule has 2 rings (SSSR count). The van der Waals surface area contributed by atoms with Gasteiger partial charge in [-0.05, 0) is 13.0 Å². The first-order valence-corrected chi connectivity index (χ1v) is 6.24. The van der Waals surface area contributed by atoms with Crippen LogP contribution in [0.1, 0.15) is 24.9 Å². The average Bonchev–Trinajstić information content (AvgIpc) is 2.66. The Hall–Kier alpha value is -1.88. The monoisotopic (exact) mass is 262 g/mol. The van der Waals surface area contributed by atoms with Crippen LogP contribution in [0.4, 0.5) is 0 Å². The van der Waals surface area contributed by atoms with Crippen LogP contribution in [-0.2, 0) is 9.59 Å². The number of likely N-dealkylation sites (N-methyl/N-ethyl adjacent to an activating group) is 1. The van der Waals surface area contributed by atoms with Crippen LogP contribution >= 0.6 is 0 Å². The second kappa shape index (κ2) is 5.40. The summed E-state index contributed by atoms with van der Waals surface area (Å²) in [4.78, 5) is 24.5. The molecular weight excluding hydrogens is 244 g/mol. The lowest BCUT2D eigenvalue weighted by Gasteiger charge is -2.20. The minimum Gasteiger partial charge on any atom is -0.496 e. The number of nitrogens with one attached hydrogen (secondary N) is 1. The molecule has 1 N–H and O–H groups in total. The molecule has 5 nitrogen and oxygen atoms in total. The summed E-state index contributed by atoms with van der Waals surface area (Å²) in [7, 11) is 3.13. The van der Waals surface area contributed by atoms with E-state index in [9.17, 15) is 9.59 Å². The van der Waals surface area contributed by atoms with Crippen LogP contribution in [0.3, 0.4) is 0 Å². The van der Waals surface area contributed by atoms with Gasteiger partial charge >= 0.3 is 0 Å². The van der Waals surface area contributed by atoms with Gasteiger partial charge in [0.25, 0.3) is 0 Å². The molecule has 1 aromatic carbocycles. The molecule has 5 heteroatoms. The molecule has 2 amide bonds. The fourth-order valence-electron chi connectivity index (χ4n) is 2.30. The van der Waals surface area contributed by atoms with Gasteiger partial charge in [-0.25, -0.2) is 0 Å².